The summed E-state index contributed by atoms with van der Waals surface area (Å²) in [4.78, 5) is 39.3. The highest BCUT2D eigenvalue weighted by atomic mass is 16.2. The molecule has 0 aliphatic carbocycles. The topological polar surface area (TPSA) is 136 Å². The Bertz CT molecular complexity index is 550. The Balaban J connectivity index is 4.54. The van der Waals surface area contributed by atoms with Crippen molar-refractivity contribution in [1.29, 1.82) is 0 Å². The van der Waals surface area contributed by atoms with Gasteiger partial charge in [-0.05, 0) is 36.6 Å². The number of nitrogens with one attached hydrogen (secondary N) is 3. The standard InChI is InChI=1S/C18H34N6O3/c1-12(2)15(23-14(25)9-7-8-10-21-24-19)17(27)22-13(3)16(26)20-11-18(4,5)6/h12-13,15H,7-11H2,1-6H3,(H,20,26)(H,22,27)(H,23,25)/t13-,15-/m0/s1. The molecule has 0 aliphatic rings. The van der Waals surface area contributed by atoms with Crippen LogP contribution in [0.1, 0.15) is 60.8 Å². The first-order valence-electron chi connectivity index (χ1n) is 9.36. The first kappa shape index (κ1) is 24.7. The van der Waals surface area contributed by atoms with Gasteiger partial charge in [0.1, 0.15) is 12.1 Å². The van der Waals surface area contributed by atoms with Crippen LogP contribution in [0.4, 0.5) is 0 Å². The zero-order chi connectivity index (χ0) is 21.0. The third-order valence-electron chi connectivity index (χ3n) is 3.79. The normalized spacial score (nSPS) is 13.3. The smallest absolute Gasteiger partial charge is 0.243 e. The molecule has 9 nitrogen and oxygen atoms in total. The largest absolute Gasteiger partial charge is 0.354 e. The van der Waals surface area contributed by atoms with Crippen molar-refractivity contribution in [3.8, 4) is 0 Å². The van der Waals surface area contributed by atoms with Crippen LogP contribution in [0.25, 0.3) is 10.4 Å². The molecule has 0 saturated carbocycles. The molecule has 0 bridgehead atoms. The molecule has 0 aromatic heterocycles. The fourth-order valence-electron chi connectivity index (χ4n) is 2.17. The minimum atomic E-state index is -0.715. The molecule has 0 aromatic rings. The summed E-state index contributed by atoms with van der Waals surface area (Å²) in [5, 5.41) is 11.6. The minimum Gasteiger partial charge on any atom is -0.354 e. The van der Waals surface area contributed by atoms with Crippen molar-refractivity contribution in [3.63, 3.8) is 0 Å². The van der Waals surface area contributed by atoms with Gasteiger partial charge in [-0.25, -0.2) is 0 Å². The molecule has 0 heterocycles. The van der Waals surface area contributed by atoms with E-state index in [1.807, 2.05) is 34.6 Å². The maximum Gasteiger partial charge on any atom is 0.243 e. The quantitative estimate of drug-likeness (QED) is 0.219. The summed E-state index contributed by atoms with van der Waals surface area (Å²) in [6, 6.07) is -1.41. The summed E-state index contributed by atoms with van der Waals surface area (Å²) in [5.41, 5.74) is 8.16. The van der Waals surface area contributed by atoms with E-state index in [2.05, 4.69) is 26.0 Å². The molecule has 0 aromatic carbocycles. The predicted molar refractivity (Wildman–Crippen MR) is 105 cm³/mol. The monoisotopic (exact) mass is 382 g/mol. The second-order valence-corrected chi connectivity index (χ2v) is 8.21. The van der Waals surface area contributed by atoms with Gasteiger partial charge in [-0.1, -0.05) is 39.7 Å². The number of carbonyl (C=O) groups is 3. The second-order valence-electron chi connectivity index (χ2n) is 8.21. The lowest BCUT2D eigenvalue weighted by atomic mass is 9.97. The molecular formula is C18H34N6O3. The van der Waals surface area contributed by atoms with Gasteiger partial charge in [-0.3, -0.25) is 14.4 Å². The van der Waals surface area contributed by atoms with Gasteiger partial charge in [-0.2, -0.15) is 0 Å². The van der Waals surface area contributed by atoms with E-state index in [0.29, 0.717) is 25.9 Å². The lowest BCUT2D eigenvalue weighted by molar-refractivity contribution is -0.132. The fourth-order valence-corrected chi connectivity index (χ4v) is 2.17. The molecular weight excluding hydrogens is 348 g/mol. The van der Waals surface area contributed by atoms with Gasteiger partial charge in [-0.15, -0.1) is 0 Å². The van der Waals surface area contributed by atoms with Crippen LogP contribution in [0.2, 0.25) is 0 Å². The van der Waals surface area contributed by atoms with Gasteiger partial charge in [0.05, 0.1) is 0 Å². The third kappa shape index (κ3) is 11.9. The van der Waals surface area contributed by atoms with Crippen molar-refractivity contribution in [2.24, 2.45) is 16.4 Å². The summed E-state index contributed by atoms with van der Waals surface area (Å²) >= 11 is 0. The van der Waals surface area contributed by atoms with Crippen LogP contribution in [-0.4, -0.2) is 42.9 Å². The molecule has 0 unspecified atom stereocenters. The maximum absolute atomic E-state index is 12.5. The minimum absolute atomic E-state index is 0.0492. The van der Waals surface area contributed by atoms with E-state index in [0.717, 1.165) is 0 Å². The summed E-state index contributed by atoms with van der Waals surface area (Å²) in [6.07, 6.45) is 1.43. The van der Waals surface area contributed by atoms with E-state index in [4.69, 9.17) is 5.53 Å². The number of hydrogen-bond donors (Lipinski definition) is 3. The molecule has 0 aliphatic heterocycles. The molecule has 0 radical (unpaired) electrons. The Hall–Kier alpha value is -2.28. The molecule has 0 rings (SSSR count). The Labute approximate surface area is 161 Å². The summed E-state index contributed by atoms with van der Waals surface area (Å²) in [7, 11) is 0. The highest BCUT2D eigenvalue weighted by Crippen LogP contribution is 2.10. The maximum atomic E-state index is 12.5. The van der Waals surface area contributed by atoms with Crippen molar-refractivity contribution in [3.05, 3.63) is 10.4 Å². The molecule has 27 heavy (non-hydrogen) atoms. The highest BCUT2D eigenvalue weighted by molar-refractivity contribution is 5.92. The molecule has 9 heteroatoms. The number of unbranched alkanes of at least 4 members (excludes halogenated alkanes) is 1. The van der Waals surface area contributed by atoms with Gasteiger partial charge < -0.3 is 16.0 Å². The van der Waals surface area contributed by atoms with E-state index in [9.17, 15) is 14.4 Å². The van der Waals surface area contributed by atoms with Crippen LogP contribution in [0, 0.1) is 11.3 Å². The molecule has 3 amide bonds. The van der Waals surface area contributed by atoms with Gasteiger partial charge in [0.15, 0.2) is 0 Å². The SMILES string of the molecule is CC(C)[C@H](NC(=O)CCCCN=[N+]=[N-])C(=O)N[C@@H](C)C(=O)NCC(C)(C)C. The number of amides is 3. The Morgan fingerprint density at radius 3 is 2.19 bits per heavy atom. The molecule has 0 saturated heterocycles. The van der Waals surface area contributed by atoms with Gasteiger partial charge in [0.25, 0.3) is 0 Å². The van der Waals surface area contributed by atoms with Gasteiger partial charge in [0.2, 0.25) is 17.7 Å². The molecule has 0 fully saturated rings. The highest BCUT2D eigenvalue weighted by Gasteiger charge is 2.27. The molecule has 2 atom stereocenters. The second kappa shape index (κ2) is 12.2. The summed E-state index contributed by atoms with van der Waals surface area (Å²) < 4.78 is 0. The van der Waals surface area contributed by atoms with E-state index < -0.39 is 12.1 Å². The van der Waals surface area contributed by atoms with Gasteiger partial charge >= 0.3 is 0 Å². The number of rotatable bonds is 11. The Morgan fingerprint density at radius 2 is 1.67 bits per heavy atom. The van der Waals surface area contributed by atoms with Crippen LogP contribution in [-0.2, 0) is 14.4 Å². The first-order valence-corrected chi connectivity index (χ1v) is 9.36. The van der Waals surface area contributed by atoms with Crippen LogP contribution >= 0.6 is 0 Å². The molecule has 3 N–H and O–H groups in total. The summed E-state index contributed by atoms with van der Waals surface area (Å²) in [5.74, 6) is -1.01. The van der Waals surface area contributed by atoms with Crippen molar-refractivity contribution in [1.82, 2.24) is 16.0 Å². The van der Waals surface area contributed by atoms with E-state index in [1.54, 1.807) is 6.92 Å². The fraction of sp³-hybridized carbons (Fsp3) is 0.833. The van der Waals surface area contributed by atoms with Crippen molar-refractivity contribution < 1.29 is 14.4 Å². The van der Waals surface area contributed by atoms with Crippen molar-refractivity contribution in [2.75, 3.05) is 13.1 Å². The number of hydrogen-bond acceptors (Lipinski definition) is 4. The first-order chi connectivity index (χ1) is 12.5. The number of carbonyl (C=O) groups excluding carboxylic acids is 3. The molecule has 0 spiro atoms. The summed E-state index contributed by atoms with van der Waals surface area (Å²) in [6.45, 7) is 12.2. The zero-order valence-electron chi connectivity index (χ0n) is 17.3. The van der Waals surface area contributed by atoms with Crippen molar-refractivity contribution >= 4 is 17.7 Å². The van der Waals surface area contributed by atoms with E-state index in [-0.39, 0.29) is 35.5 Å². The van der Waals surface area contributed by atoms with E-state index >= 15 is 0 Å². The van der Waals surface area contributed by atoms with E-state index in [1.165, 1.54) is 0 Å². The Morgan fingerprint density at radius 1 is 1.04 bits per heavy atom. The zero-order valence-corrected chi connectivity index (χ0v) is 17.3. The molecule has 154 valence electrons. The van der Waals surface area contributed by atoms with Crippen LogP contribution in [0.5, 0.6) is 0 Å². The van der Waals surface area contributed by atoms with Crippen LogP contribution in [0.15, 0.2) is 5.11 Å². The predicted octanol–water partition coefficient (Wildman–Crippen LogP) is 2.27. The lowest BCUT2D eigenvalue weighted by Gasteiger charge is -2.25. The van der Waals surface area contributed by atoms with Crippen LogP contribution in [0.3, 0.4) is 0 Å². The average molecular weight is 383 g/mol. The number of nitrogens with zero attached hydrogens (tertiary/aromatic N) is 3. The van der Waals surface area contributed by atoms with Crippen LogP contribution < -0.4 is 16.0 Å². The lowest BCUT2D eigenvalue weighted by Crippen LogP contribution is -2.54. The third-order valence-corrected chi connectivity index (χ3v) is 3.79. The average Bonchev–Trinajstić information content (AvgIpc) is 2.56. The van der Waals surface area contributed by atoms with Crippen molar-refractivity contribution in [2.45, 2.75) is 72.9 Å². The number of azide groups is 1. The Kier molecular flexibility index (Phi) is 11.1. The van der Waals surface area contributed by atoms with Gasteiger partial charge in [0, 0.05) is 24.4 Å².